The lowest BCUT2D eigenvalue weighted by atomic mass is 10.2. The second-order valence-electron chi connectivity index (χ2n) is 3.74. The average molecular weight is 239 g/mol. The summed E-state index contributed by atoms with van der Waals surface area (Å²) in [4.78, 5) is 0.177. The van der Waals surface area contributed by atoms with Crippen LogP contribution < -0.4 is 0 Å². The van der Waals surface area contributed by atoms with Crippen LogP contribution in [0.1, 0.15) is 5.56 Å². The normalized spacial score (nSPS) is 16.8. The number of rotatable bonds is 2. The molecule has 86 valence electrons. The highest BCUT2D eigenvalue weighted by atomic mass is 32.2. The van der Waals surface area contributed by atoms with Crippen molar-refractivity contribution in [3.05, 3.63) is 35.9 Å². The Morgan fingerprint density at radius 3 is 2.50 bits per heavy atom. The van der Waals surface area contributed by atoms with Gasteiger partial charge in [-0.05, 0) is 18.6 Å². The molecule has 1 heterocycles. The Balaban J connectivity index is 2.46. The van der Waals surface area contributed by atoms with Crippen LogP contribution in [0, 0.1) is 6.92 Å². The molecule has 1 aromatic rings. The predicted octanol–water partition coefficient (Wildman–Crippen LogP) is 1.26. The molecule has 0 unspecified atom stereocenters. The Hall–Kier alpha value is -1.33. The van der Waals surface area contributed by atoms with Gasteiger partial charge in [0, 0.05) is 19.2 Å². The van der Waals surface area contributed by atoms with E-state index >= 15 is 0 Å². The number of sulfonamides is 1. The lowest BCUT2D eigenvalue weighted by Crippen LogP contribution is -2.28. The highest BCUT2D eigenvalue weighted by molar-refractivity contribution is 7.89. The first-order valence-electron chi connectivity index (χ1n) is 4.96. The molecule has 1 N–H and O–H groups in total. The Kier molecular flexibility index (Phi) is 2.73. The van der Waals surface area contributed by atoms with Crippen LogP contribution in [0.3, 0.4) is 0 Å². The molecule has 0 saturated carbocycles. The molecule has 0 aliphatic carbocycles. The first-order valence-corrected chi connectivity index (χ1v) is 6.40. The molecule has 16 heavy (non-hydrogen) atoms. The molecule has 5 heteroatoms. The van der Waals surface area contributed by atoms with Crippen LogP contribution in [0.15, 0.2) is 35.2 Å². The standard InChI is InChI=1S/C11H13NO3S/c1-9-4-5-10(13)8-11(9)16(14,15)12-6-2-3-7-12/h2-5,8,13H,6-7H2,1H3. The van der Waals surface area contributed by atoms with Gasteiger partial charge in [0.1, 0.15) is 5.75 Å². The van der Waals surface area contributed by atoms with Gasteiger partial charge in [0.15, 0.2) is 0 Å². The highest BCUT2D eigenvalue weighted by Gasteiger charge is 2.26. The molecule has 4 nitrogen and oxygen atoms in total. The number of nitrogens with zero attached hydrogens (tertiary/aromatic N) is 1. The molecule has 0 spiro atoms. The number of aryl methyl sites for hydroxylation is 1. The summed E-state index contributed by atoms with van der Waals surface area (Å²) in [5, 5.41) is 9.35. The van der Waals surface area contributed by atoms with Crippen LogP contribution in [0.5, 0.6) is 5.75 Å². The Morgan fingerprint density at radius 2 is 1.88 bits per heavy atom. The van der Waals surface area contributed by atoms with Gasteiger partial charge in [-0.2, -0.15) is 4.31 Å². The SMILES string of the molecule is Cc1ccc(O)cc1S(=O)(=O)N1CC=CC1. The number of phenolic OH excluding ortho intramolecular Hbond substituents is 1. The largest absolute Gasteiger partial charge is 0.508 e. The molecule has 0 bridgehead atoms. The molecule has 0 fully saturated rings. The van der Waals surface area contributed by atoms with Crippen molar-refractivity contribution >= 4 is 10.0 Å². The molecule has 1 aliphatic rings. The van der Waals surface area contributed by atoms with Gasteiger partial charge < -0.3 is 5.11 Å². The predicted molar refractivity (Wildman–Crippen MR) is 60.7 cm³/mol. The van der Waals surface area contributed by atoms with E-state index < -0.39 is 10.0 Å². The number of aromatic hydroxyl groups is 1. The van der Waals surface area contributed by atoms with Gasteiger partial charge in [0.25, 0.3) is 0 Å². The Morgan fingerprint density at radius 1 is 1.25 bits per heavy atom. The fourth-order valence-electron chi connectivity index (χ4n) is 1.66. The maximum absolute atomic E-state index is 12.2. The van der Waals surface area contributed by atoms with E-state index in [1.54, 1.807) is 13.0 Å². The Bertz CT molecular complexity index is 526. The summed E-state index contributed by atoms with van der Waals surface area (Å²) in [6.07, 6.45) is 3.63. The van der Waals surface area contributed by atoms with Gasteiger partial charge in [-0.3, -0.25) is 0 Å². The lowest BCUT2D eigenvalue weighted by Gasteiger charge is -2.17. The first kappa shape index (κ1) is 11.2. The molecular formula is C11H13NO3S. The minimum Gasteiger partial charge on any atom is -0.508 e. The number of phenols is 1. The molecule has 0 aromatic heterocycles. The van der Waals surface area contributed by atoms with Crippen LogP contribution in [0.4, 0.5) is 0 Å². The number of hydrogen-bond donors (Lipinski definition) is 1. The fraction of sp³-hybridized carbons (Fsp3) is 0.273. The quantitative estimate of drug-likeness (QED) is 0.790. The molecule has 1 aromatic carbocycles. The number of benzene rings is 1. The van der Waals surface area contributed by atoms with Crippen molar-refractivity contribution < 1.29 is 13.5 Å². The van der Waals surface area contributed by atoms with Crippen LogP contribution in [-0.2, 0) is 10.0 Å². The van der Waals surface area contributed by atoms with E-state index in [2.05, 4.69) is 0 Å². The molecule has 0 amide bonds. The summed E-state index contributed by atoms with van der Waals surface area (Å²) in [6.45, 7) is 2.52. The topological polar surface area (TPSA) is 57.6 Å². The maximum atomic E-state index is 12.2. The zero-order valence-electron chi connectivity index (χ0n) is 8.92. The highest BCUT2D eigenvalue weighted by Crippen LogP contribution is 2.24. The van der Waals surface area contributed by atoms with Crippen molar-refractivity contribution in [2.24, 2.45) is 0 Å². The van der Waals surface area contributed by atoms with Crippen LogP contribution >= 0.6 is 0 Å². The molecule has 1 aliphatic heterocycles. The van der Waals surface area contributed by atoms with Crippen LogP contribution in [-0.4, -0.2) is 30.9 Å². The van der Waals surface area contributed by atoms with Crippen molar-refractivity contribution in [2.45, 2.75) is 11.8 Å². The third-order valence-electron chi connectivity index (χ3n) is 2.57. The summed E-state index contributed by atoms with van der Waals surface area (Å²) >= 11 is 0. The second-order valence-corrected chi connectivity index (χ2v) is 5.65. The van der Waals surface area contributed by atoms with E-state index in [4.69, 9.17) is 0 Å². The summed E-state index contributed by atoms with van der Waals surface area (Å²) in [5.74, 6) is -0.0312. The molecule has 0 atom stereocenters. The van der Waals surface area contributed by atoms with Crippen molar-refractivity contribution in [3.63, 3.8) is 0 Å². The van der Waals surface area contributed by atoms with Crippen molar-refractivity contribution in [1.82, 2.24) is 4.31 Å². The Labute approximate surface area is 94.9 Å². The lowest BCUT2D eigenvalue weighted by molar-refractivity contribution is 0.468. The summed E-state index contributed by atoms with van der Waals surface area (Å²) < 4.78 is 25.7. The van der Waals surface area contributed by atoms with Crippen LogP contribution in [0.25, 0.3) is 0 Å². The van der Waals surface area contributed by atoms with Gasteiger partial charge >= 0.3 is 0 Å². The van der Waals surface area contributed by atoms with E-state index in [9.17, 15) is 13.5 Å². The minimum atomic E-state index is -3.48. The van der Waals surface area contributed by atoms with Gasteiger partial charge in [-0.25, -0.2) is 8.42 Å². The minimum absolute atomic E-state index is 0.0312. The van der Waals surface area contributed by atoms with E-state index in [1.165, 1.54) is 16.4 Å². The molecular weight excluding hydrogens is 226 g/mol. The third-order valence-corrected chi connectivity index (χ3v) is 4.55. The monoisotopic (exact) mass is 239 g/mol. The van der Waals surface area contributed by atoms with E-state index in [0.29, 0.717) is 18.7 Å². The van der Waals surface area contributed by atoms with Gasteiger partial charge in [0.2, 0.25) is 10.0 Å². The second kappa shape index (κ2) is 3.92. The van der Waals surface area contributed by atoms with E-state index in [1.807, 2.05) is 12.2 Å². The van der Waals surface area contributed by atoms with Crippen molar-refractivity contribution in [1.29, 1.82) is 0 Å². The molecule has 0 radical (unpaired) electrons. The fourth-order valence-corrected chi connectivity index (χ4v) is 3.25. The van der Waals surface area contributed by atoms with Gasteiger partial charge in [-0.15, -0.1) is 0 Å². The summed E-state index contributed by atoms with van der Waals surface area (Å²) in [6, 6.07) is 4.38. The number of hydrogen-bond acceptors (Lipinski definition) is 3. The maximum Gasteiger partial charge on any atom is 0.244 e. The summed E-state index contributed by atoms with van der Waals surface area (Å²) in [5.41, 5.74) is 0.643. The van der Waals surface area contributed by atoms with Gasteiger partial charge in [0.05, 0.1) is 4.90 Å². The zero-order chi connectivity index (χ0) is 11.8. The van der Waals surface area contributed by atoms with Crippen LogP contribution in [0.2, 0.25) is 0 Å². The molecule has 0 saturated heterocycles. The van der Waals surface area contributed by atoms with Crippen molar-refractivity contribution in [3.8, 4) is 5.75 Å². The third kappa shape index (κ3) is 1.83. The van der Waals surface area contributed by atoms with Crippen molar-refractivity contribution in [2.75, 3.05) is 13.1 Å². The summed E-state index contributed by atoms with van der Waals surface area (Å²) in [7, 11) is -3.48. The molecule has 2 rings (SSSR count). The zero-order valence-corrected chi connectivity index (χ0v) is 9.74. The first-order chi connectivity index (χ1) is 7.51. The van der Waals surface area contributed by atoms with E-state index in [0.717, 1.165) is 0 Å². The van der Waals surface area contributed by atoms with Gasteiger partial charge in [-0.1, -0.05) is 18.2 Å². The van der Waals surface area contributed by atoms with E-state index in [-0.39, 0.29) is 10.6 Å². The smallest absolute Gasteiger partial charge is 0.244 e. The average Bonchev–Trinajstić information content (AvgIpc) is 2.75.